The molecule has 0 atom stereocenters. The van der Waals surface area contributed by atoms with Gasteiger partial charge in [-0.2, -0.15) is 0 Å². The number of aliphatic hydroxyl groups is 1. The molecule has 0 heterocycles. The molecule has 0 bridgehead atoms. The largest absolute Gasteiger partial charge is 0.381 e. The summed E-state index contributed by atoms with van der Waals surface area (Å²) in [5, 5.41) is 11.2. The van der Waals surface area contributed by atoms with Gasteiger partial charge < -0.3 is 5.11 Å². The fraction of sp³-hybridized carbons (Fsp3) is 0.765. The van der Waals surface area contributed by atoms with Crippen LogP contribution in [0.15, 0.2) is 22.3 Å². The van der Waals surface area contributed by atoms with E-state index in [1.807, 2.05) is 0 Å². The van der Waals surface area contributed by atoms with E-state index < -0.39 is 5.60 Å². The first-order valence-electron chi connectivity index (χ1n) is 7.95. The van der Waals surface area contributed by atoms with E-state index in [1.54, 1.807) is 11.1 Å². The molecule has 0 fully saturated rings. The Balaban J connectivity index is 1.77. The van der Waals surface area contributed by atoms with Crippen LogP contribution in [0, 0.1) is 0 Å². The quantitative estimate of drug-likeness (QED) is 0.699. The molecular formula is C17H26O. The molecule has 0 amide bonds. The predicted molar refractivity (Wildman–Crippen MR) is 75.5 cm³/mol. The highest BCUT2D eigenvalue weighted by Crippen LogP contribution is 2.55. The lowest BCUT2D eigenvalue weighted by molar-refractivity contribution is 0.101. The van der Waals surface area contributed by atoms with Crippen LogP contribution in [0.3, 0.4) is 0 Å². The normalized spacial score (nSPS) is 25.0. The van der Waals surface area contributed by atoms with Gasteiger partial charge in [0.25, 0.3) is 0 Å². The number of fused-ring (bicyclic) bond motifs is 1. The van der Waals surface area contributed by atoms with Crippen LogP contribution in [0.5, 0.6) is 0 Å². The highest BCUT2D eigenvalue weighted by molar-refractivity contribution is 5.58. The summed E-state index contributed by atoms with van der Waals surface area (Å²) < 4.78 is 0. The van der Waals surface area contributed by atoms with Crippen LogP contribution >= 0.6 is 0 Å². The van der Waals surface area contributed by atoms with Gasteiger partial charge in [-0.3, -0.25) is 0 Å². The number of hydrogen-bond acceptors (Lipinski definition) is 1. The zero-order valence-electron chi connectivity index (χ0n) is 11.7. The average molecular weight is 246 g/mol. The van der Waals surface area contributed by atoms with Crippen LogP contribution in [0.25, 0.3) is 0 Å². The van der Waals surface area contributed by atoms with Crippen molar-refractivity contribution in [3.05, 3.63) is 22.3 Å². The Kier molecular flexibility index (Phi) is 3.36. The Morgan fingerprint density at radius 2 is 1.50 bits per heavy atom. The topological polar surface area (TPSA) is 20.2 Å². The highest BCUT2D eigenvalue weighted by Gasteiger charge is 2.46. The fourth-order valence-electron chi connectivity index (χ4n) is 4.36. The lowest BCUT2D eigenvalue weighted by atomic mass is 9.82. The van der Waals surface area contributed by atoms with E-state index >= 15 is 0 Å². The Bertz CT molecular complexity index is 370. The van der Waals surface area contributed by atoms with Gasteiger partial charge in [0.05, 0.1) is 0 Å². The molecule has 3 rings (SSSR count). The summed E-state index contributed by atoms with van der Waals surface area (Å²) in [6.07, 6.45) is 13.4. The maximum Gasteiger partial charge on any atom is 0.108 e. The van der Waals surface area contributed by atoms with Crippen molar-refractivity contribution in [2.24, 2.45) is 0 Å². The summed E-state index contributed by atoms with van der Waals surface area (Å²) in [7, 11) is 0. The van der Waals surface area contributed by atoms with Gasteiger partial charge in [-0.1, -0.05) is 26.2 Å². The Hall–Kier alpha value is -0.560. The lowest BCUT2D eigenvalue weighted by Crippen LogP contribution is -2.31. The Morgan fingerprint density at radius 1 is 0.889 bits per heavy atom. The predicted octanol–water partition coefficient (Wildman–Crippen LogP) is 4.66. The van der Waals surface area contributed by atoms with E-state index in [9.17, 15) is 5.11 Å². The monoisotopic (exact) mass is 246 g/mol. The summed E-state index contributed by atoms with van der Waals surface area (Å²) in [6, 6.07) is 0. The molecule has 0 spiro atoms. The lowest BCUT2D eigenvalue weighted by Gasteiger charge is -2.29. The van der Waals surface area contributed by atoms with Crippen molar-refractivity contribution in [1.82, 2.24) is 0 Å². The number of allylic oxidation sites excluding steroid dienone is 2. The molecule has 0 aromatic rings. The van der Waals surface area contributed by atoms with Gasteiger partial charge in [0, 0.05) is 0 Å². The third-order valence-corrected chi connectivity index (χ3v) is 5.19. The van der Waals surface area contributed by atoms with E-state index in [1.165, 1.54) is 62.5 Å². The standard InChI is InChI=1S/C17H26O/c1-2-3-4-5-12-17(18)15-10-6-8-13(15)14-9-7-11-16(14)17/h18H,2-12H2,1H3. The molecule has 0 unspecified atom stereocenters. The third-order valence-electron chi connectivity index (χ3n) is 5.19. The van der Waals surface area contributed by atoms with Gasteiger partial charge >= 0.3 is 0 Å². The molecule has 0 aliphatic heterocycles. The van der Waals surface area contributed by atoms with E-state index in [4.69, 9.17) is 0 Å². The van der Waals surface area contributed by atoms with Crippen molar-refractivity contribution in [2.45, 2.75) is 83.2 Å². The first kappa shape index (κ1) is 12.5. The minimum atomic E-state index is -0.495. The smallest absolute Gasteiger partial charge is 0.108 e. The fourth-order valence-corrected chi connectivity index (χ4v) is 4.36. The van der Waals surface area contributed by atoms with Crippen molar-refractivity contribution < 1.29 is 5.11 Å². The van der Waals surface area contributed by atoms with Crippen LogP contribution in [0.4, 0.5) is 0 Å². The SMILES string of the molecule is CCCCCCC1(O)C2=C(CCC2)C2=C1CCC2. The third kappa shape index (κ3) is 1.79. The molecular weight excluding hydrogens is 220 g/mol. The summed E-state index contributed by atoms with van der Waals surface area (Å²) in [5.41, 5.74) is 5.54. The van der Waals surface area contributed by atoms with E-state index in [-0.39, 0.29) is 0 Å². The van der Waals surface area contributed by atoms with Gasteiger partial charge in [0.2, 0.25) is 0 Å². The van der Waals surface area contributed by atoms with Crippen LogP contribution in [-0.2, 0) is 0 Å². The first-order valence-corrected chi connectivity index (χ1v) is 7.95. The van der Waals surface area contributed by atoms with Crippen LogP contribution in [-0.4, -0.2) is 10.7 Å². The summed E-state index contributed by atoms with van der Waals surface area (Å²) in [4.78, 5) is 0. The van der Waals surface area contributed by atoms with E-state index in [0.717, 1.165) is 19.3 Å². The highest BCUT2D eigenvalue weighted by atomic mass is 16.3. The molecule has 0 aromatic carbocycles. The molecule has 0 saturated heterocycles. The summed E-state index contributed by atoms with van der Waals surface area (Å²) in [5.74, 6) is 0. The van der Waals surface area contributed by atoms with Crippen molar-refractivity contribution in [3.63, 3.8) is 0 Å². The maximum absolute atomic E-state index is 11.2. The molecule has 0 aromatic heterocycles. The van der Waals surface area contributed by atoms with Crippen molar-refractivity contribution in [3.8, 4) is 0 Å². The van der Waals surface area contributed by atoms with Crippen LogP contribution < -0.4 is 0 Å². The Labute approximate surface area is 111 Å². The minimum Gasteiger partial charge on any atom is -0.381 e. The molecule has 100 valence electrons. The summed E-state index contributed by atoms with van der Waals surface area (Å²) in [6.45, 7) is 2.25. The molecule has 3 aliphatic rings. The maximum atomic E-state index is 11.2. The molecule has 3 aliphatic carbocycles. The zero-order chi connectivity index (χ0) is 12.6. The van der Waals surface area contributed by atoms with E-state index in [0.29, 0.717) is 0 Å². The van der Waals surface area contributed by atoms with Gasteiger partial charge in [-0.15, -0.1) is 0 Å². The minimum absolute atomic E-state index is 0.495. The summed E-state index contributed by atoms with van der Waals surface area (Å²) >= 11 is 0. The van der Waals surface area contributed by atoms with Crippen LogP contribution in [0.1, 0.15) is 77.6 Å². The molecule has 0 radical (unpaired) electrons. The van der Waals surface area contributed by atoms with Gasteiger partial charge in [0.15, 0.2) is 0 Å². The van der Waals surface area contributed by atoms with Gasteiger partial charge in [0.1, 0.15) is 5.60 Å². The molecule has 0 saturated carbocycles. The number of unbranched alkanes of at least 4 members (excludes halogenated alkanes) is 3. The molecule has 1 heteroatoms. The van der Waals surface area contributed by atoms with Crippen LogP contribution in [0.2, 0.25) is 0 Å². The van der Waals surface area contributed by atoms with Crippen molar-refractivity contribution in [2.75, 3.05) is 0 Å². The number of rotatable bonds is 5. The molecule has 1 nitrogen and oxygen atoms in total. The second-order valence-corrected chi connectivity index (χ2v) is 6.29. The van der Waals surface area contributed by atoms with Gasteiger partial charge in [-0.25, -0.2) is 0 Å². The zero-order valence-corrected chi connectivity index (χ0v) is 11.7. The second kappa shape index (κ2) is 4.85. The van der Waals surface area contributed by atoms with Crippen molar-refractivity contribution in [1.29, 1.82) is 0 Å². The second-order valence-electron chi connectivity index (χ2n) is 6.29. The van der Waals surface area contributed by atoms with Crippen molar-refractivity contribution >= 4 is 0 Å². The Morgan fingerprint density at radius 3 is 2.06 bits per heavy atom. The molecule has 18 heavy (non-hydrogen) atoms. The van der Waals surface area contributed by atoms with Gasteiger partial charge in [-0.05, 0) is 73.7 Å². The first-order chi connectivity index (χ1) is 8.77. The number of hydrogen-bond donors (Lipinski definition) is 1. The average Bonchev–Trinajstić information content (AvgIpc) is 3.03. The van der Waals surface area contributed by atoms with E-state index in [2.05, 4.69) is 6.92 Å². The molecule has 1 N–H and O–H groups in total.